The van der Waals surface area contributed by atoms with Gasteiger partial charge in [-0.2, -0.15) is 4.98 Å². The third-order valence-corrected chi connectivity index (χ3v) is 4.90. The lowest BCUT2D eigenvalue weighted by Gasteiger charge is -2.20. The van der Waals surface area contributed by atoms with Gasteiger partial charge < -0.3 is 14.6 Å². The number of rotatable bonds is 7. The van der Waals surface area contributed by atoms with Crippen molar-refractivity contribution in [2.24, 2.45) is 0 Å². The van der Waals surface area contributed by atoms with Gasteiger partial charge in [0, 0.05) is 10.6 Å². The monoisotopic (exact) mass is 427 g/mol. The van der Waals surface area contributed by atoms with Crippen molar-refractivity contribution in [3.05, 3.63) is 65.0 Å². The Hall–Kier alpha value is -2.86. The average Bonchev–Trinajstić information content (AvgIpc) is 3.19. The first kappa shape index (κ1) is 21.8. The largest absolute Gasteiger partial charge is 0.481 e. The van der Waals surface area contributed by atoms with Crippen molar-refractivity contribution in [2.45, 2.75) is 52.2 Å². The van der Waals surface area contributed by atoms with Gasteiger partial charge in [-0.25, -0.2) is 0 Å². The molecule has 0 saturated carbocycles. The van der Waals surface area contributed by atoms with Crippen molar-refractivity contribution in [1.29, 1.82) is 0 Å². The molecule has 0 aliphatic rings. The molecule has 0 aliphatic heterocycles. The highest BCUT2D eigenvalue weighted by Crippen LogP contribution is 2.25. The fraction of sp³-hybridized carbons (Fsp3) is 0.348. The number of ether oxygens (including phenoxy) is 1. The summed E-state index contributed by atoms with van der Waals surface area (Å²) in [6.45, 7) is 8.49. The van der Waals surface area contributed by atoms with Crippen molar-refractivity contribution < 1.29 is 14.1 Å². The molecule has 0 radical (unpaired) electrons. The van der Waals surface area contributed by atoms with Crippen molar-refractivity contribution in [3.63, 3.8) is 0 Å². The number of carbonyl (C=O) groups excluding carboxylic acids is 1. The Balaban J connectivity index is 1.57. The summed E-state index contributed by atoms with van der Waals surface area (Å²) in [5.41, 5.74) is 2.06. The Bertz CT molecular complexity index is 976. The van der Waals surface area contributed by atoms with Gasteiger partial charge in [-0.15, -0.1) is 0 Å². The van der Waals surface area contributed by atoms with Crippen LogP contribution in [0.4, 0.5) is 0 Å². The molecule has 1 N–H and O–H groups in total. The Morgan fingerprint density at radius 2 is 1.80 bits per heavy atom. The van der Waals surface area contributed by atoms with Crippen LogP contribution >= 0.6 is 11.6 Å². The van der Waals surface area contributed by atoms with Gasteiger partial charge in [0.1, 0.15) is 5.75 Å². The van der Waals surface area contributed by atoms with E-state index in [1.165, 1.54) is 5.56 Å². The Morgan fingerprint density at radius 1 is 1.13 bits per heavy atom. The smallest absolute Gasteiger partial charge is 0.261 e. The van der Waals surface area contributed by atoms with E-state index in [-0.39, 0.29) is 17.9 Å². The average molecular weight is 428 g/mol. The second-order valence-electron chi connectivity index (χ2n) is 8.03. The standard InChI is InChI=1S/C23H26ClN3O3/c1-5-19(29-18-12-8-16(9-13-18)23(2,3)4)22(28)25-14-20-26-21(27-30-20)15-6-10-17(24)11-7-15/h6-13,19H,5,14H2,1-4H3,(H,25,28)/t19-/m1/s1. The van der Waals surface area contributed by atoms with E-state index in [1.54, 1.807) is 24.3 Å². The van der Waals surface area contributed by atoms with Gasteiger partial charge in [0.25, 0.3) is 5.91 Å². The predicted molar refractivity (Wildman–Crippen MR) is 116 cm³/mol. The number of amides is 1. The summed E-state index contributed by atoms with van der Waals surface area (Å²) in [6, 6.07) is 15.0. The number of nitrogens with one attached hydrogen (secondary N) is 1. The van der Waals surface area contributed by atoms with Crippen LogP contribution < -0.4 is 10.1 Å². The summed E-state index contributed by atoms with van der Waals surface area (Å²) < 4.78 is 11.1. The fourth-order valence-corrected chi connectivity index (χ4v) is 2.97. The Morgan fingerprint density at radius 3 is 2.40 bits per heavy atom. The summed E-state index contributed by atoms with van der Waals surface area (Å²) in [6.07, 6.45) is -0.0728. The SMILES string of the molecule is CC[C@@H](Oc1ccc(C(C)(C)C)cc1)C(=O)NCc1nc(-c2ccc(Cl)cc2)no1. The molecule has 30 heavy (non-hydrogen) atoms. The van der Waals surface area contributed by atoms with E-state index in [0.717, 1.165) is 5.56 Å². The normalized spacial score (nSPS) is 12.4. The van der Waals surface area contributed by atoms with E-state index in [9.17, 15) is 4.79 Å². The van der Waals surface area contributed by atoms with Gasteiger partial charge in [-0.05, 0) is 53.8 Å². The highest BCUT2D eigenvalue weighted by atomic mass is 35.5. The molecule has 0 bridgehead atoms. The topological polar surface area (TPSA) is 77.2 Å². The Kier molecular flexibility index (Phi) is 6.77. The molecule has 0 fully saturated rings. The molecule has 2 aromatic carbocycles. The van der Waals surface area contributed by atoms with E-state index < -0.39 is 6.10 Å². The van der Waals surface area contributed by atoms with Crippen molar-refractivity contribution in [3.8, 4) is 17.1 Å². The van der Waals surface area contributed by atoms with Crippen molar-refractivity contribution >= 4 is 17.5 Å². The van der Waals surface area contributed by atoms with Crippen LogP contribution in [0.1, 0.15) is 45.6 Å². The van der Waals surface area contributed by atoms with Crippen molar-refractivity contribution in [1.82, 2.24) is 15.5 Å². The lowest BCUT2D eigenvalue weighted by molar-refractivity contribution is -0.128. The Labute approximate surface area is 181 Å². The first-order valence-electron chi connectivity index (χ1n) is 9.89. The van der Waals surface area contributed by atoms with Gasteiger partial charge in [-0.1, -0.05) is 56.6 Å². The molecule has 0 spiro atoms. The number of hydrogen-bond donors (Lipinski definition) is 1. The molecule has 1 aromatic heterocycles. The zero-order valence-corrected chi connectivity index (χ0v) is 18.4. The maximum absolute atomic E-state index is 12.6. The van der Waals surface area contributed by atoms with Gasteiger partial charge in [0.2, 0.25) is 11.7 Å². The molecule has 0 unspecified atom stereocenters. The first-order chi connectivity index (χ1) is 14.3. The molecule has 3 rings (SSSR count). The maximum Gasteiger partial charge on any atom is 0.261 e. The molecule has 158 valence electrons. The molecule has 6 nitrogen and oxygen atoms in total. The van der Waals surface area contributed by atoms with Crippen LogP contribution in [0.15, 0.2) is 53.1 Å². The van der Waals surface area contributed by atoms with Crippen molar-refractivity contribution in [2.75, 3.05) is 0 Å². The number of aromatic nitrogens is 2. The number of hydrogen-bond acceptors (Lipinski definition) is 5. The highest BCUT2D eigenvalue weighted by Gasteiger charge is 2.20. The third-order valence-electron chi connectivity index (χ3n) is 4.65. The van der Waals surface area contributed by atoms with Crippen LogP contribution in [-0.4, -0.2) is 22.2 Å². The van der Waals surface area contributed by atoms with E-state index in [2.05, 4.69) is 36.2 Å². The zero-order valence-electron chi connectivity index (χ0n) is 17.6. The van der Waals surface area contributed by atoms with E-state index in [1.807, 2.05) is 31.2 Å². The van der Waals surface area contributed by atoms with Crippen LogP contribution in [0.2, 0.25) is 5.02 Å². The van der Waals surface area contributed by atoms with Crippen LogP contribution in [-0.2, 0) is 16.8 Å². The number of halogens is 1. The highest BCUT2D eigenvalue weighted by molar-refractivity contribution is 6.30. The zero-order chi connectivity index (χ0) is 21.7. The fourth-order valence-electron chi connectivity index (χ4n) is 2.84. The van der Waals surface area contributed by atoms with Gasteiger partial charge in [0.05, 0.1) is 6.54 Å². The summed E-state index contributed by atoms with van der Waals surface area (Å²) in [4.78, 5) is 16.9. The molecular weight excluding hydrogens is 402 g/mol. The second kappa shape index (κ2) is 9.30. The molecule has 3 aromatic rings. The molecular formula is C23H26ClN3O3. The minimum atomic E-state index is -0.607. The molecule has 1 heterocycles. The summed E-state index contributed by atoms with van der Waals surface area (Å²) in [7, 11) is 0. The van der Waals surface area contributed by atoms with Gasteiger partial charge in [-0.3, -0.25) is 4.79 Å². The van der Waals surface area contributed by atoms with Crippen LogP contribution in [0.5, 0.6) is 5.75 Å². The molecule has 1 amide bonds. The van der Waals surface area contributed by atoms with Crippen LogP contribution in [0.25, 0.3) is 11.4 Å². The number of carbonyl (C=O) groups is 1. The first-order valence-corrected chi connectivity index (χ1v) is 10.3. The minimum Gasteiger partial charge on any atom is -0.481 e. The summed E-state index contributed by atoms with van der Waals surface area (Å²) >= 11 is 5.89. The molecule has 0 saturated heterocycles. The van der Waals surface area contributed by atoms with Gasteiger partial charge in [0.15, 0.2) is 6.10 Å². The third kappa shape index (κ3) is 5.60. The molecule has 1 atom stereocenters. The summed E-state index contributed by atoms with van der Waals surface area (Å²) in [5.74, 6) is 1.19. The molecule has 7 heteroatoms. The van der Waals surface area contributed by atoms with E-state index in [0.29, 0.717) is 28.9 Å². The maximum atomic E-state index is 12.6. The lowest BCUT2D eigenvalue weighted by Crippen LogP contribution is -2.37. The predicted octanol–water partition coefficient (Wildman–Crippen LogP) is 5.16. The van der Waals surface area contributed by atoms with Crippen LogP contribution in [0.3, 0.4) is 0 Å². The molecule has 0 aliphatic carbocycles. The number of benzene rings is 2. The van der Waals surface area contributed by atoms with E-state index >= 15 is 0 Å². The lowest BCUT2D eigenvalue weighted by atomic mass is 9.87. The van der Waals surface area contributed by atoms with Gasteiger partial charge >= 0.3 is 0 Å². The summed E-state index contributed by atoms with van der Waals surface area (Å²) in [5, 5.41) is 7.37. The van der Waals surface area contributed by atoms with E-state index in [4.69, 9.17) is 20.9 Å². The quantitative estimate of drug-likeness (QED) is 0.563. The minimum absolute atomic E-state index is 0.0645. The second-order valence-corrected chi connectivity index (χ2v) is 8.46. The van der Waals surface area contributed by atoms with Crippen LogP contribution in [0, 0.1) is 0 Å². The number of nitrogens with zero attached hydrogens (tertiary/aromatic N) is 2.